The Morgan fingerprint density at radius 3 is 2.59 bits per heavy atom. The maximum absolute atomic E-state index is 4.80. The molecule has 0 saturated heterocycles. The molecule has 0 amide bonds. The molecule has 2 N–H and O–H groups in total. The molecular formula is C20H34IN5S. The number of aliphatic imine (C=N–C) groups is 1. The average Bonchev–Trinajstić information content (AvgIpc) is 3.17. The molecule has 2 rings (SSSR count). The molecule has 2 aromatic rings. The molecule has 2 aromatic heterocycles. The number of aryl methyl sites for hydroxylation is 2. The maximum atomic E-state index is 4.80. The van der Waals surface area contributed by atoms with E-state index in [2.05, 4.69) is 67.9 Å². The highest BCUT2D eigenvalue weighted by atomic mass is 127. The topological polar surface area (TPSA) is 54.2 Å². The van der Waals surface area contributed by atoms with Crippen LogP contribution in [0.15, 0.2) is 22.5 Å². The zero-order chi connectivity index (χ0) is 19.1. The Morgan fingerprint density at radius 2 is 2.04 bits per heavy atom. The van der Waals surface area contributed by atoms with Crippen molar-refractivity contribution in [2.45, 2.75) is 53.5 Å². The van der Waals surface area contributed by atoms with E-state index in [4.69, 9.17) is 4.99 Å². The number of nitrogens with one attached hydrogen (secondary N) is 2. The van der Waals surface area contributed by atoms with Gasteiger partial charge >= 0.3 is 0 Å². The molecule has 2 atom stereocenters. The Labute approximate surface area is 185 Å². The van der Waals surface area contributed by atoms with Gasteiger partial charge in [-0.3, -0.25) is 9.67 Å². The molecule has 0 saturated carbocycles. The third-order valence-corrected chi connectivity index (χ3v) is 5.49. The second-order valence-corrected chi connectivity index (χ2v) is 8.16. The molecule has 7 heteroatoms. The summed E-state index contributed by atoms with van der Waals surface area (Å²) in [6, 6.07) is 4.61. The van der Waals surface area contributed by atoms with Gasteiger partial charge in [0.15, 0.2) is 5.96 Å². The van der Waals surface area contributed by atoms with Crippen LogP contribution in [0.25, 0.3) is 0 Å². The Balaban J connectivity index is 0.00000364. The molecule has 0 fully saturated rings. The smallest absolute Gasteiger partial charge is 0.191 e. The molecule has 2 unspecified atom stereocenters. The van der Waals surface area contributed by atoms with Crippen LogP contribution >= 0.6 is 35.3 Å². The summed E-state index contributed by atoms with van der Waals surface area (Å²) in [6.07, 6.45) is 2.03. The first-order valence-corrected chi connectivity index (χ1v) is 10.3. The predicted molar refractivity (Wildman–Crippen MR) is 128 cm³/mol. The van der Waals surface area contributed by atoms with Crippen LogP contribution in [0.2, 0.25) is 0 Å². The summed E-state index contributed by atoms with van der Waals surface area (Å²) in [5, 5.41) is 13.6. The Morgan fingerprint density at radius 1 is 1.30 bits per heavy atom. The first-order chi connectivity index (χ1) is 12.4. The fraction of sp³-hybridized carbons (Fsp3) is 0.600. The average molecular weight is 503 g/mol. The lowest BCUT2D eigenvalue weighted by Crippen LogP contribution is -2.43. The lowest BCUT2D eigenvalue weighted by molar-refractivity contribution is 0.586. The number of halogens is 1. The van der Waals surface area contributed by atoms with Gasteiger partial charge in [-0.1, -0.05) is 13.0 Å². The number of aromatic nitrogens is 2. The number of rotatable bonds is 8. The van der Waals surface area contributed by atoms with Crippen LogP contribution in [0.3, 0.4) is 0 Å². The third kappa shape index (κ3) is 7.44. The van der Waals surface area contributed by atoms with E-state index in [0.29, 0.717) is 12.0 Å². The lowest BCUT2D eigenvalue weighted by Gasteiger charge is -2.19. The SMILES string of the molecule is CCNC(=NCC(C)Cc1cccs1)NC(C)Cc1c(C)nn(C)c1C.I. The molecule has 0 radical (unpaired) electrons. The molecule has 5 nitrogen and oxygen atoms in total. The Hall–Kier alpha value is -1.09. The van der Waals surface area contributed by atoms with Crippen molar-refractivity contribution in [1.82, 2.24) is 20.4 Å². The van der Waals surface area contributed by atoms with E-state index in [1.165, 1.54) is 16.1 Å². The molecule has 0 aliphatic heterocycles. The van der Waals surface area contributed by atoms with Gasteiger partial charge in [0.25, 0.3) is 0 Å². The number of nitrogens with zero attached hydrogens (tertiary/aromatic N) is 3. The van der Waals surface area contributed by atoms with Crippen LogP contribution < -0.4 is 10.6 Å². The maximum Gasteiger partial charge on any atom is 0.191 e. The number of hydrogen-bond donors (Lipinski definition) is 2. The highest BCUT2D eigenvalue weighted by Crippen LogP contribution is 2.15. The summed E-state index contributed by atoms with van der Waals surface area (Å²) in [4.78, 5) is 6.24. The minimum absolute atomic E-state index is 0. The van der Waals surface area contributed by atoms with Gasteiger partial charge in [0, 0.05) is 36.8 Å². The van der Waals surface area contributed by atoms with Gasteiger partial charge < -0.3 is 10.6 Å². The van der Waals surface area contributed by atoms with Gasteiger partial charge in [0.1, 0.15) is 0 Å². The zero-order valence-electron chi connectivity index (χ0n) is 17.4. The van der Waals surface area contributed by atoms with E-state index >= 15 is 0 Å². The highest BCUT2D eigenvalue weighted by molar-refractivity contribution is 14.0. The fourth-order valence-electron chi connectivity index (χ4n) is 3.11. The van der Waals surface area contributed by atoms with Crippen LogP contribution in [0, 0.1) is 19.8 Å². The van der Waals surface area contributed by atoms with Crippen molar-refractivity contribution in [3.05, 3.63) is 39.3 Å². The van der Waals surface area contributed by atoms with Crippen LogP contribution in [0.5, 0.6) is 0 Å². The molecule has 0 aromatic carbocycles. The van der Waals surface area contributed by atoms with E-state index in [1.54, 1.807) is 0 Å². The number of hydrogen-bond acceptors (Lipinski definition) is 3. The van der Waals surface area contributed by atoms with Crippen molar-refractivity contribution in [1.29, 1.82) is 0 Å². The quantitative estimate of drug-likeness (QED) is 0.324. The Bertz CT molecular complexity index is 708. The van der Waals surface area contributed by atoms with E-state index in [-0.39, 0.29) is 24.0 Å². The van der Waals surface area contributed by atoms with Crippen molar-refractivity contribution in [3.63, 3.8) is 0 Å². The van der Waals surface area contributed by atoms with Gasteiger partial charge in [0.2, 0.25) is 0 Å². The first kappa shape index (κ1) is 23.9. The second-order valence-electron chi connectivity index (χ2n) is 7.13. The van der Waals surface area contributed by atoms with Crippen molar-refractivity contribution in [2.75, 3.05) is 13.1 Å². The van der Waals surface area contributed by atoms with Crippen molar-refractivity contribution >= 4 is 41.3 Å². The van der Waals surface area contributed by atoms with Gasteiger partial charge in [-0.25, -0.2) is 0 Å². The fourth-order valence-corrected chi connectivity index (χ4v) is 3.98. The highest BCUT2D eigenvalue weighted by Gasteiger charge is 2.14. The molecular weight excluding hydrogens is 469 g/mol. The largest absolute Gasteiger partial charge is 0.357 e. The second kappa shape index (κ2) is 11.7. The standard InChI is InChI=1S/C20H33N5S.HI/c1-7-21-20(22-13-14(2)11-18-9-8-10-26-18)23-15(3)12-19-16(4)24-25(6)17(19)5;/h8-10,14-15H,7,11-13H2,1-6H3,(H2,21,22,23);1H. The molecule has 2 heterocycles. The summed E-state index contributed by atoms with van der Waals surface area (Å²) in [7, 11) is 2.00. The van der Waals surface area contributed by atoms with Crippen LogP contribution in [-0.4, -0.2) is 34.9 Å². The molecule has 152 valence electrons. The van der Waals surface area contributed by atoms with Crippen molar-refractivity contribution in [3.8, 4) is 0 Å². The Kier molecular flexibility index (Phi) is 10.4. The summed E-state index contributed by atoms with van der Waals surface area (Å²) < 4.78 is 1.96. The monoisotopic (exact) mass is 503 g/mol. The lowest BCUT2D eigenvalue weighted by atomic mass is 10.1. The number of guanidine groups is 1. The molecule has 27 heavy (non-hydrogen) atoms. The molecule has 0 aliphatic carbocycles. The van der Waals surface area contributed by atoms with Crippen molar-refractivity contribution in [2.24, 2.45) is 18.0 Å². The third-order valence-electron chi connectivity index (χ3n) is 4.59. The normalized spacial score (nSPS) is 13.8. The van der Waals surface area contributed by atoms with Crippen LogP contribution in [-0.2, 0) is 19.9 Å². The van der Waals surface area contributed by atoms with Crippen LogP contribution in [0.1, 0.15) is 42.6 Å². The van der Waals surface area contributed by atoms with E-state index in [1.807, 2.05) is 23.1 Å². The molecule has 0 bridgehead atoms. The van der Waals surface area contributed by atoms with E-state index in [9.17, 15) is 0 Å². The minimum Gasteiger partial charge on any atom is -0.357 e. The van der Waals surface area contributed by atoms with Gasteiger partial charge in [-0.05, 0) is 63.5 Å². The predicted octanol–water partition coefficient (Wildman–Crippen LogP) is 4.08. The summed E-state index contributed by atoms with van der Waals surface area (Å²) in [5.41, 5.74) is 3.68. The minimum atomic E-state index is 0. The van der Waals surface area contributed by atoms with Crippen molar-refractivity contribution < 1.29 is 0 Å². The number of thiophene rings is 1. The molecule has 0 spiro atoms. The van der Waals surface area contributed by atoms with Crippen LogP contribution in [0.4, 0.5) is 0 Å². The summed E-state index contributed by atoms with van der Waals surface area (Å²) >= 11 is 1.82. The summed E-state index contributed by atoms with van der Waals surface area (Å²) in [5.74, 6) is 1.43. The molecule has 0 aliphatic rings. The zero-order valence-corrected chi connectivity index (χ0v) is 20.5. The first-order valence-electron chi connectivity index (χ1n) is 9.47. The van der Waals surface area contributed by atoms with Gasteiger partial charge in [0.05, 0.1) is 5.69 Å². The van der Waals surface area contributed by atoms with E-state index in [0.717, 1.165) is 37.6 Å². The van der Waals surface area contributed by atoms with Gasteiger partial charge in [-0.15, -0.1) is 35.3 Å². The van der Waals surface area contributed by atoms with E-state index < -0.39 is 0 Å². The summed E-state index contributed by atoms with van der Waals surface area (Å²) in [6.45, 7) is 12.5. The van der Waals surface area contributed by atoms with Gasteiger partial charge in [-0.2, -0.15) is 5.10 Å².